The van der Waals surface area contributed by atoms with Gasteiger partial charge in [0.05, 0.1) is 0 Å². The van der Waals surface area contributed by atoms with E-state index in [1.807, 2.05) is 0 Å². The molecule has 0 spiro atoms. The number of amides is 2. The van der Waals surface area contributed by atoms with Crippen molar-refractivity contribution in [2.24, 2.45) is 0 Å². The Morgan fingerprint density at radius 3 is 2.33 bits per heavy atom. The van der Waals surface area contributed by atoms with Crippen LogP contribution in [0.1, 0.15) is 6.92 Å². The second kappa shape index (κ2) is 4.18. The maximum Gasteiger partial charge on any atom is 0.406 e. The molecule has 0 aromatic heterocycles. The van der Waals surface area contributed by atoms with Crippen LogP contribution in [-0.4, -0.2) is 37.2 Å². The molecule has 2 amide bonds. The highest BCUT2D eigenvalue weighted by molar-refractivity contribution is 5.73. The van der Waals surface area contributed by atoms with Crippen molar-refractivity contribution < 1.29 is 18.0 Å². The Balaban J connectivity index is 3.87. The first kappa shape index (κ1) is 11.1. The number of carbonyl (C=O) groups excluding carboxylic acids is 1. The van der Waals surface area contributed by atoms with Crippen LogP contribution in [0.5, 0.6) is 0 Å². The van der Waals surface area contributed by atoms with Crippen molar-refractivity contribution in [3.8, 4) is 0 Å². The van der Waals surface area contributed by atoms with E-state index < -0.39 is 18.8 Å². The van der Waals surface area contributed by atoms with Crippen LogP contribution in [-0.2, 0) is 0 Å². The lowest BCUT2D eigenvalue weighted by Crippen LogP contribution is -2.39. The van der Waals surface area contributed by atoms with Gasteiger partial charge in [0.15, 0.2) is 0 Å². The summed E-state index contributed by atoms with van der Waals surface area (Å²) in [5, 5.41) is 3.30. The van der Waals surface area contributed by atoms with Crippen molar-refractivity contribution in [3.63, 3.8) is 0 Å². The maximum atomic E-state index is 11.7. The second-order valence-electron chi connectivity index (χ2n) is 2.23. The van der Waals surface area contributed by atoms with Gasteiger partial charge in [-0.05, 0) is 6.92 Å². The highest BCUT2D eigenvalue weighted by atomic mass is 19.4. The molecule has 0 bridgehead atoms. The SMILES string of the molecule is CC[N]C(=O)N(C)CC(F)(F)F. The Hall–Kier alpha value is -0.940. The highest BCUT2D eigenvalue weighted by Crippen LogP contribution is 2.15. The summed E-state index contributed by atoms with van der Waals surface area (Å²) in [4.78, 5) is 11.2. The summed E-state index contributed by atoms with van der Waals surface area (Å²) in [5.41, 5.74) is 0. The smallest absolute Gasteiger partial charge is 0.317 e. The van der Waals surface area contributed by atoms with E-state index in [1.54, 1.807) is 6.92 Å². The molecule has 6 heteroatoms. The normalized spacial score (nSPS) is 11.1. The van der Waals surface area contributed by atoms with Crippen LogP contribution in [0.3, 0.4) is 0 Å². The van der Waals surface area contributed by atoms with E-state index in [0.717, 1.165) is 7.05 Å². The third-order valence-corrected chi connectivity index (χ3v) is 1.04. The van der Waals surface area contributed by atoms with Crippen molar-refractivity contribution in [2.75, 3.05) is 20.1 Å². The van der Waals surface area contributed by atoms with Crippen molar-refractivity contribution in [1.29, 1.82) is 0 Å². The molecule has 0 saturated heterocycles. The van der Waals surface area contributed by atoms with Gasteiger partial charge in [-0.15, -0.1) is 0 Å². The lowest BCUT2D eigenvalue weighted by atomic mass is 10.5. The van der Waals surface area contributed by atoms with Crippen LogP contribution in [0, 0.1) is 0 Å². The topological polar surface area (TPSA) is 34.4 Å². The Bertz CT molecular complexity index is 157. The third-order valence-electron chi connectivity index (χ3n) is 1.04. The molecular formula is C6H10F3N2O. The van der Waals surface area contributed by atoms with E-state index in [2.05, 4.69) is 5.32 Å². The van der Waals surface area contributed by atoms with E-state index in [4.69, 9.17) is 0 Å². The molecule has 0 N–H and O–H groups in total. The summed E-state index contributed by atoms with van der Waals surface area (Å²) in [6.07, 6.45) is -4.35. The van der Waals surface area contributed by atoms with Crippen molar-refractivity contribution in [3.05, 3.63) is 0 Å². The molecule has 71 valence electrons. The molecule has 0 fully saturated rings. The van der Waals surface area contributed by atoms with Crippen molar-refractivity contribution >= 4 is 6.03 Å². The van der Waals surface area contributed by atoms with Gasteiger partial charge in [-0.1, -0.05) is 0 Å². The lowest BCUT2D eigenvalue weighted by Gasteiger charge is -2.17. The van der Waals surface area contributed by atoms with Crippen LogP contribution < -0.4 is 5.32 Å². The molecule has 0 atom stereocenters. The van der Waals surface area contributed by atoms with Crippen LogP contribution in [0.4, 0.5) is 18.0 Å². The van der Waals surface area contributed by atoms with Crippen LogP contribution >= 0.6 is 0 Å². The number of nitrogens with zero attached hydrogens (tertiary/aromatic N) is 2. The summed E-state index contributed by atoms with van der Waals surface area (Å²) in [6.45, 7) is 0.524. The first-order valence-electron chi connectivity index (χ1n) is 3.36. The summed E-state index contributed by atoms with van der Waals surface area (Å²) >= 11 is 0. The van der Waals surface area contributed by atoms with Gasteiger partial charge >= 0.3 is 12.2 Å². The van der Waals surface area contributed by atoms with E-state index in [1.165, 1.54) is 0 Å². The van der Waals surface area contributed by atoms with Gasteiger partial charge in [0.1, 0.15) is 6.54 Å². The molecule has 0 aromatic carbocycles. The molecule has 0 unspecified atom stereocenters. The first-order chi connectivity index (χ1) is 5.37. The second-order valence-corrected chi connectivity index (χ2v) is 2.23. The Labute approximate surface area is 68.5 Å². The lowest BCUT2D eigenvalue weighted by molar-refractivity contribution is -0.137. The minimum atomic E-state index is -4.35. The minimum absolute atomic E-state index is 0.195. The Kier molecular flexibility index (Phi) is 3.85. The van der Waals surface area contributed by atoms with Crippen molar-refractivity contribution in [2.45, 2.75) is 13.1 Å². The fourth-order valence-electron chi connectivity index (χ4n) is 0.593. The van der Waals surface area contributed by atoms with E-state index in [9.17, 15) is 18.0 Å². The molecule has 12 heavy (non-hydrogen) atoms. The number of urea groups is 1. The molecule has 0 rings (SSSR count). The predicted octanol–water partition coefficient (Wildman–Crippen LogP) is 1.22. The van der Waals surface area contributed by atoms with Gasteiger partial charge in [-0.2, -0.15) is 13.2 Å². The van der Waals surface area contributed by atoms with Gasteiger partial charge in [-0.25, -0.2) is 10.1 Å². The number of alkyl halides is 3. The molecule has 0 saturated carbocycles. The first-order valence-corrected chi connectivity index (χ1v) is 3.36. The van der Waals surface area contributed by atoms with E-state index in [-0.39, 0.29) is 6.54 Å². The van der Waals surface area contributed by atoms with Crippen molar-refractivity contribution in [1.82, 2.24) is 10.2 Å². The van der Waals surface area contributed by atoms with Gasteiger partial charge in [-0.3, -0.25) is 0 Å². The van der Waals surface area contributed by atoms with Gasteiger partial charge in [0.2, 0.25) is 0 Å². The molecule has 0 aliphatic rings. The summed E-state index contributed by atoms with van der Waals surface area (Å²) < 4.78 is 35.0. The number of hydrogen-bond acceptors (Lipinski definition) is 1. The monoisotopic (exact) mass is 183 g/mol. The van der Waals surface area contributed by atoms with Gasteiger partial charge in [0, 0.05) is 13.6 Å². The maximum absolute atomic E-state index is 11.7. The number of halogens is 3. The quantitative estimate of drug-likeness (QED) is 0.633. The molecule has 1 radical (unpaired) electrons. The van der Waals surface area contributed by atoms with Crippen LogP contribution in [0.25, 0.3) is 0 Å². The largest absolute Gasteiger partial charge is 0.406 e. The number of hydrogen-bond donors (Lipinski definition) is 0. The number of rotatable bonds is 2. The van der Waals surface area contributed by atoms with Crippen LogP contribution in [0.15, 0.2) is 0 Å². The minimum Gasteiger partial charge on any atom is -0.317 e. The van der Waals surface area contributed by atoms with Crippen LogP contribution in [0.2, 0.25) is 0 Å². The average molecular weight is 183 g/mol. The average Bonchev–Trinajstić information content (AvgIpc) is 1.84. The molecule has 0 aliphatic carbocycles. The molecule has 3 nitrogen and oxygen atoms in total. The zero-order chi connectivity index (χ0) is 9.78. The van der Waals surface area contributed by atoms with E-state index >= 15 is 0 Å². The molecular weight excluding hydrogens is 173 g/mol. The standard InChI is InChI=1S/C6H10F3N2O/c1-3-10-5(12)11(2)4-6(7,8)9/h3-4H2,1-2H3. The molecule has 0 aliphatic heterocycles. The summed E-state index contributed by atoms with van der Waals surface area (Å²) in [5.74, 6) is 0. The Morgan fingerprint density at radius 2 is 2.00 bits per heavy atom. The van der Waals surface area contributed by atoms with Gasteiger partial charge < -0.3 is 4.90 Å². The predicted molar refractivity (Wildman–Crippen MR) is 36.8 cm³/mol. The fraction of sp³-hybridized carbons (Fsp3) is 0.833. The fourth-order valence-corrected chi connectivity index (χ4v) is 0.593. The molecule has 0 heterocycles. The zero-order valence-electron chi connectivity index (χ0n) is 6.85. The van der Waals surface area contributed by atoms with E-state index in [0.29, 0.717) is 4.90 Å². The summed E-state index contributed by atoms with van der Waals surface area (Å²) in [7, 11) is 1.06. The number of carbonyl (C=O) groups is 1. The van der Waals surface area contributed by atoms with Gasteiger partial charge in [0.25, 0.3) is 0 Å². The Morgan fingerprint density at radius 1 is 1.50 bits per heavy atom. The molecule has 0 aromatic rings. The summed E-state index contributed by atoms with van der Waals surface area (Å²) in [6, 6.07) is -0.838. The third kappa shape index (κ3) is 4.81. The zero-order valence-corrected chi connectivity index (χ0v) is 6.85. The highest BCUT2D eigenvalue weighted by Gasteiger charge is 2.31.